The van der Waals surface area contributed by atoms with E-state index in [4.69, 9.17) is 16.3 Å². The van der Waals surface area contributed by atoms with Gasteiger partial charge in [-0.25, -0.2) is 4.98 Å². The maximum absolute atomic E-state index is 9.83. The van der Waals surface area contributed by atoms with Crippen LogP contribution in [0.3, 0.4) is 0 Å². The Hall–Kier alpha value is -1.23. The highest BCUT2D eigenvalue weighted by atomic mass is 35.5. The third-order valence-electron chi connectivity index (χ3n) is 2.32. The van der Waals surface area contributed by atoms with Crippen LogP contribution in [0.4, 0.5) is 0 Å². The van der Waals surface area contributed by atoms with Gasteiger partial charge in [0, 0.05) is 17.0 Å². The molecule has 0 amide bonds. The summed E-state index contributed by atoms with van der Waals surface area (Å²) in [6.07, 6.45) is 1.20. The first-order valence-electron chi connectivity index (χ1n) is 5.84. The number of aliphatic hydroxyl groups excluding tert-OH is 1. The number of aromatic nitrogens is 1. The summed E-state index contributed by atoms with van der Waals surface area (Å²) in [5, 5.41) is 11.4. The number of benzene rings is 1. The summed E-state index contributed by atoms with van der Waals surface area (Å²) in [5.41, 5.74) is 0. The highest BCUT2D eigenvalue weighted by Gasteiger charge is 2.06. The summed E-state index contributed by atoms with van der Waals surface area (Å²) in [6.45, 7) is 0.251. The van der Waals surface area contributed by atoms with Crippen molar-refractivity contribution in [2.75, 3.05) is 12.4 Å². The predicted octanol–water partition coefficient (Wildman–Crippen LogP) is 3.27. The minimum absolute atomic E-state index is 0.251. The van der Waals surface area contributed by atoms with Crippen LogP contribution >= 0.6 is 23.4 Å². The molecule has 2 rings (SSSR count). The average molecular weight is 296 g/mol. The van der Waals surface area contributed by atoms with Crippen molar-refractivity contribution in [1.82, 2.24) is 4.98 Å². The summed E-state index contributed by atoms with van der Waals surface area (Å²) < 4.78 is 5.47. The lowest BCUT2D eigenvalue weighted by atomic mass is 10.3. The molecule has 1 N–H and O–H groups in total. The number of rotatable bonds is 6. The first-order valence-corrected chi connectivity index (χ1v) is 7.20. The molecule has 0 fully saturated rings. The zero-order valence-electron chi connectivity index (χ0n) is 10.2. The van der Waals surface area contributed by atoms with Gasteiger partial charge in [-0.15, -0.1) is 11.8 Å². The molecule has 0 radical (unpaired) electrons. The topological polar surface area (TPSA) is 42.4 Å². The fourth-order valence-electron chi connectivity index (χ4n) is 1.39. The van der Waals surface area contributed by atoms with Crippen LogP contribution in [-0.2, 0) is 0 Å². The monoisotopic (exact) mass is 295 g/mol. The van der Waals surface area contributed by atoms with Crippen molar-refractivity contribution in [2.24, 2.45) is 0 Å². The van der Waals surface area contributed by atoms with E-state index in [1.807, 2.05) is 18.2 Å². The van der Waals surface area contributed by atoms with Crippen LogP contribution in [-0.4, -0.2) is 28.6 Å². The molecule has 5 heteroatoms. The lowest BCUT2D eigenvalue weighted by Crippen LogP contribution is -2.20. The first kappa shape index (κ1) is 14.2. The van der Waals surface area contributed by atoms with E-state index >= 15 is 0 Å². The van der Waals surface area contributed by atoms with Crippen LogP contribution in [0.15, 0.2) is 53.7 Å². The molecule has 0 aliphatic rings. The molecule has 1 aromatic heterocycles. The van der Waals surface area contributed by atoms with Gasteiger partial charge in [-0.1, -0.05) is 17.7 Å². The lowest BCUT2D eigenvalue weighted by Gasteiger charge is -2.11. The summed E-state index contributed by atoms with van der Waals surface area (Å²) in [5.74, 6) is 1.25. The van der Waals surface area contributed by atoms with Crippen molar-refractivity contribution >= 4 is 23.4 Å². The molecule has 1 heterocycles. The Labute approximate surface area is 121 Å². The Kier molecular flexibility index (Phi) is 5.51. The fourth-order valence-corrected chi connectivity index (χ4v) is 2.28. The highest BCUT2D eigenvalue weighted by molar-refractivity contribution is 7.99. The Balaban J connectivity index is 1.72. The summed E-state index contributed by atoms with van der Waals surface area (Å²) >= 11 is 7.28. The van der Waals surface area contributed by atoms with Gasteiger partial charge in [-0.2, -0.15) is 0 Å². The quantitative estimate of drug-likeness (QED) is 0.831. The van der Waals surface area contributed by atoms with Crippen LogP contribution < -0.4 is 4.74 Å². The molecule has 19 heavy (non-hydrogen) atoms. The maximum atomic E-state index is 9.83. The molecule has 0 aliphatic carbocycles. The van der Waals surface area contributed by atoms with Gasteiger partial charge in [-0.3, -0.25) is 0 Å². The number of hydrogen-bond donors (Lipinski definition) is 1. The van der Waals surface area contributed by atoms with Gasteiger partial charge in [0.25, 0.3) is 0 Å². The zero-order chi connectivity index (χ0) is 13.5. The SMILES string of the molecule is O[C@@H](COc1ccc(Cl)cc1)CSc1ccccn1. The molecule has 100 valence electrons. The molecule has 3 nitrogen and oxygen atoms in total. The largest absolute Gasteiger partial charge is 0.491 e. The second-order valence-electron chi connectivity index (χ2n) is 3.90. The van der Waals surface area contributed by atoms with E-state index in [1.54, 1.807) is 30.5 Å². The van der Waals surface area contributed by atoms with E-state index < -0.39 is 6.10 Å². The van der Waals surface area contributed by atoms with Crippen LogP contribution in [0.5, 0.6) is 5.75 Å². The first-order chi connectivity index (χ1) is 9.24. The lowest BCUT2D eigenvalue weighted by molar-refractivity contribution is 0.126. The van der Waals surface area contributed by atoms with E-state index in [0.717, 1.165) is 5.03 Å². The predicted molar refractivity (Wildman–Crippen MR) is 77.9 cm³/mol. The third kappa shape index (κ3) is 5.11. The molecule has 0 unspecified atom stereocenters. The molecule has 0 saturated carbocycles. The number of halogens is 1. The molecule has 2 aromatic rings. The number of thioether (sulfide) groups is 1. The van der Waals surface area contributed by atoms with Crippen molar-refractivity contribution in [3.8, 4) is 5.75 Å². The van der Waals surface area contributed by atoms with Gasteiger partial charge < -0.3 is 9.84 Å². The minimum atomic E-state index is -0.539. The van der Waals surface area contributed by atoms with Crippen molar-refractivity contribution in [2.45, 2.75) is 11.1 Å². The highest BCUT2D eigenvalue weighted by Crippen LogP contribution is 2.17. The van der Waals surface area contributed by atoms with Crippen molar-refractivity contribution in [3.63, 3.8) is 0 Å². The van der Waals surface area contributed by atoms with E-state index in [-0.39, 0.29) is 6.61 Å². The van der Waals surface area contributed by atoms with Crippen LogP contribution in [0.2, 0.25) is 5.02 Å². The Morgan fingerprint density at radius 2 is 2.00 bits per heavy atom. The Morgan fingerprint density at radius 3 is 2.68 bits per heavy atom. The van der Waals surface area contributed by atoms with E-state index in [1.165, 1.54) is 11.8 Å². The van der Waals surface area contributed by atoms with Crippen molar-refractivity contribution < 1.29 is 9.84 Å². The maximum Gasteiger partial charge on any atom is 0.119 e. The average Bonchev–Trinajstić information content (AvgIpc) is 2.45. The second kappa shape index (κ2) is 7.38. The summed E-state index contributed by atoms with van der Waals surface area (Å²) in [6, 6.07) is 12.8. The molecule has 0 spiro atoms. The number of ether oxygens (including phenoxy) is 1. The van der Waals surface area contributed by atoms with Crippen LogP contribution in [0.1, 0.15) is 0 Å². The molecule has 0 saturated heterocycles. The van der Waals surface area contributed by atoms with Crippen LogP contribution in [0, 0.1) is 0 Å². The van der Waals surface area contributed by atoms with Gasteiger partial charge >= 0.3 is 0 Å². The van der Waals surface area contributed by atoms with Gasteiger partial charge in [0.05, 0.1) is 11.1 Å². The van der Waals surface area contributed by atoms with Gasteiger partial charge in [0.2, 0.25) is 0 Å². The summed E-state index contributed by atoms with van der Waals surface area (Å²) in [4.78, 5) is 4.18. The Morgan fingerprint density at radius 1 is 1.21 bits per heavy atom. The molecule has 1 aromatic carbocycles. The number of nitrogens with zero attached hydrogens (tertiary/aromatic N) is 1. The molecule has 1 atom stereocenters. The van der Waals surface area contributed by atoms with E-state index in [2.05, 4.69) is 4.98 Å². The van der Waals surface area contributed by atoms with Crippen molar-refractivity contribution in [3.05, 3.63) is 53.7 Å². The number of aliphatic hydroxyl groups is 1. The second-order valence-corrected chi connectivity index (χ2v) is 5.37. The summed E-state index contributed by atoms with van der Waals surface area (Å²) in [7, 11) is 0. The zero-order valence-corrected chi connectivity index (χ0v) is 11.8. The van der Waals surface area contributed by atoms with Crippen LogP contribution in [0.25, 0.3) is 0 Å². The third-order valence-corrected chi connectivity index (χ3v) is 3.66. The Bertz CT molecular complexity index is 493. The normalized spacial score (nSPS) is 12.1. The standard InChI is InChI=1S/C14H14ClNO2S/c15-11-4-6-13(7-5-11)18-9-12(17)10-19-14-3-1-2-8-16-14/h1-8,12,17H,9-10H2/t12-/m0/s1. The number of pyridine rings is 1. The van der Waals surface area contributed by atoms with Crippen molar-refractivity contribution in [1.29, 1.82) is 0 Å². The molecular weight excluding hydrogens is 282 g/mol. The minimum Gasteiger partial charge on any atom is -0.491 e. The van der Waals surface area contributed by atoms with Gasteiger partial charge in [0.15, 0.2) is 0 Å². The molecule has 0 aliphatic heterocycles. The molecule has 0 bridgehead atoms. The fraction of sp³-hybridized carbons (Fsp3) is 0.214. The van der Waals surface area contributed by atoms with Gasteiger partial charge in [0.1, 0.15) is 12.4 Å². The smallest absolute Gasteiger partial charge is 0.119 e. The van der Waals surface area contributed by atoms with E-state index in [9.17, 15) is 5.11 Å². The van der Waals surface area contributed by atoms with E-state index in [0.29, 0.717) is 16.5 Å². The molecular formula is C14H14ClNO2S. The number of hydrogen-bond acceptors (Lipinski definition) is 4. The van der Waals surface area contributed by atoms with Gasteiger partial charge in [-0.05, 0) is 36.4 Å².